The molecule has 2 saturated heterocycles. The first-order valence-corrected chi connectivity index (χ1v) is 18.8. The molecule has 0 aromatic carbocycles. The standard InChI is InChI=1S/C38H49FN10O8/c1-20(54-3)30(46-37(52)56-5)35(50)48-13-7-9-28(48)33-42-18-26(44-33)23-16-40-32(41-17-23)22-11-12-24(25(39)15-22)27-19-43-34(45-27)29-10-8-14-49(29)36(51)31(21(2)55-4)47-38(53)57-6/h11-12,16-21,25,28-31H,7-10,13-15H2,1-6H3,(H,42,44)(H,43,45)(H,46,52)(H,47,53)/t20-,21-,25?,28+,29+,30+,31+/m1/s1. The molecule has 7 atom stereocenters. The Hall–Kier alpha value is -5.69. The number of hydrogen-bond acceptors (Lipinski definition) is 12. The number of nitrogens with zero attached hydrogens (tertiary/aromatic N) is 6. The zero-order valence-corrected chi connectivity index (χ0v) is 32.8. The van der Waals surface area contributed by atoms with E-state index in [-0.39, 0.29) is 24.3 Å². The summed E-state index contributed by atoms with van der Waals surface area (Å²) in [6.45, 7) is 4.34. The van der Waals surface area contributed by atoms with Crippen LogP contribution in [-0.2, 0) is 28.5 Å². The molecular formula is C38H49FN10O8. The highest BCUT2D eigenvalue weighted by atomic mass is 19.1. The van der Waals surface area contributed by atoms with Crippen molar-refractivity contribution in [2.24, 2.45) is 0 Å². The van der Waals surface area contributed by atoms with Crippen molar-refractivity contribution in [2.45, 2.75) is 88.5 Å². The molecular weight excluding hydrogens is 743 g/mol. The molecule has 4 amide bonds. The number of ether oxygens (including phenoxy) is 4. The SMILES string of the molecule is COC(=O)N[C@H](C(=O)N1CCC[C@H]1c1nc(-c2cnc(C3=CC=C(c4cnc([C@@H]5CCCN5C(=O)[C@@H](NC(=O)OC)[C@@H](C)OC)[nH]4)C(F)C3)nc2)c[nH]1)[C@@H](C)OC. The summed E-state index contributed by atoms with van der Waals surface area (Å²) < 4.78 is 36.0. The van der Waals surface area contributed by atoms with Gasteiger partial charge in [-0.1, -0.05) is 12.2 Å². The van der Waals surface area contributed by atoms with Crippen molar-refractivity contribution in [3.05, 3.63) is 60.1 Å². The highest BCUT2D eigenvalue weighted by molar-refractivity contribution is 5.87. The number of rotatable bonds is 13. The molecule has 2 fully saturated rings. The van der Waals surface area contributed by atoms with Crippen LogP contribution < -0.4 is 10.6 Å². The maximum Gasteiger partial charge on any atom is 0.407 e. The van der Waals surface area contributed by atoms with Crippen LogP contribution in [0.2, 0.25) is 0 Å². The Labute approximate surface area is 329 Å². The lowest BCUT2D eigenvalue weighted by atomic mass is 9.94. The maximum atomic E-state index is 15.8. The molecule has 3 aromatic heterocycles. The van der Waals surface area contributed by atoms with Gasteiger partial charge in [0.05, 0.1) is 56.1 Å². The van der Waals surface area contributed by atoms with Gasteiger partial charge in [0.25, 0.3) is 0 Å². The number of methoxy groups -OCH3 is 4. The minimum absolute atomic E-state index is 0.0367. The van der Waals surface area contributed by atoms with E-state index < -0.39 is 48.7 Å². The number of carbonyl (C=O) groups is 4. The van der Waals surface area contributed by atoms with E-state index in [9.17, 15) is 19.2 Å². The Morgan fingerprint density at radius 1 is 0.807 bits per heavy atom. The average molecular weight is 793 g/mol. The Bertz CT molecular complexity index is 1980. The second-order valence-electron chi connectivity index (χ2n) is 14.1. The van der Waals surface area contributed by atoms with Crippen LogP contribution in [-0.4, -0.2) is 136 Å². The van der Waals surface area contributed by atoms with E-state index in [0.29, 0.717) is 71.5 Å². The van der Waals surface area contributed by atoms with Crippen LogP contribution in [0.15, 0.2) is 36.9 Å². The number of alkyl halides is 1. The minimum Gasteiger partial charge on any atom is -0.453 e. The number of amides is 4. The summed E-state index contributed by atoms with van der Waals surface area (Å²) in [5.41, 5.74) is 2.74. The van der Waals surface area contributed by atoms with Crippen molar-refractivity contribution in [3.8, 4) is 11.3 Å². The van der Waals surface area contributed by atoms with Crippen LogP contribution in [0, 0.1) is 0 Å². The number of hydrogen-bond donors (Lipinski definition) is 4. The summed E-state index contributed by atoms with van der Waals surface area (Å²) >= 11 is 0. The highest BCUT2D eigenvalue weighted by Gasteiger charge is 2.40. The first kappa shape index (κ1) is 41.0. The normalized spacial score (nSPS) is 21.6. The smallest absolute Gasteiger partial charge is 0.407 e. The second-order valence-corrected chi connectivity index (χ2v) is 14.1. The van der Waals surface area contributed by atoms with Crippen molar-refractivity contribution in [1.82, 2.24) is 50.3 Å². The number of halogens is 1. The number of likely N-dealkylation sites (tertiary alicyclic amines) is 2. The molecule has 5 heterocycles. The van der Waals surface area contributed by atoms with Gasteiger partial charge in [0.15, 0.2) is 5.82 Å². The third kappa shape index (κ3) is 8.83. The van der Waals surface area contributed by atoms with E-state index in [1.54, 1.807) is 60.6 Å². The Morgan fingerprint density at radius 3 is 1.89 bits per heavy atom. The first-order chi connectivity index (χ1) is 27.5. The van der Waals surface area contributed by atoms with Gasteiger partial charge in [0.2, 0.25) is 11.8 Å². The number of H-pyrrole nitrogens is 2. The lowest BCUT2D eigenvalue weighted by molar-refractivity contribution is -0.138. The fourth-order valence-corrected chi connectivity index (χ4v) is 7.41. The van der Waals surface area contributed by atoms with Gasteiger partial charge in [-0.15, -0.1) is 0 Å². The summed E-state index contributed by atoms with van der Waals surface area (Å²) in [7, 11) is 5.38. The maximum absolute atomic E-state index is 15.8. The lowest BCUT2D eigenvalue weighted by Crippen LogP contribution is -2.54. The van der Waals surface area contributed by atoms with Gasteiger partial charge in [-0.3, -0.25) is 9.59 Å². The molecule has 57 heavy (non-hydrogen) atoms. The lowest BCUT2D eigenvalue weighted by Gasteiger charge is -2.30. The van der Waals surface area contributed by atoms with E-state index in [0.717, 1.165) is 12.8 Å². The Balaban J connectivity index is 1.12. The zero-order valence-electron chi connectivity index (χ0n) is 32.8. The third-order valence-corrected chi connectivity index (χ3v) is 10.8. The van der Waals surface area contributed by atoms with E-state index >= 15 is 4.39 Å². The van der Waals surface area contributed by atoms with Crippen LogP contribution in [0.25, 0.3) is 22.4 Å². The highest BCUT2D eigenvalue weighted by Crippen LogP contribution is 2.36. The number of aromatic nitrogens is 6. The van der Waals surface area contributed by atoms with Gasteiger partial charge in [0.1, 0.15) is 29.9 Å². The number of allylic oxidation sites excluding steroid dienone is 4. The Morgan fingerprint density at radius 2 is 1.37 bits per heavy atom. The van der Waals surface area contributed by atoms with Crippen LogP contribution in [0.1, 0.15) is 81.2 Å². The topological polar surface area (TPSA) is 219 Å². The van der Waals surface area contributed by atoms with E-state index in [1.807, 2.05) is 0 Å². The molecule has 0 radical (unpaired) electrons. The van der Waals surface area contributed by atoms with E-state index in [4.69, 9.17) is 23.9 Å². The number of nitrogens with one attached hydrogen (secondary N) is 4. The summed E-state index contributed by atoms with van der Waals surface area (Å²) in [6, 6.07) is -2.64. The molecule has 19 heteroatoms. The van der Waals surface area contributed by atoms with Crippen molar-refractivity contribution in [1.29, 1.82) is 0 Å². The molecule has 306 valence electrons. The van der Waals surface area contributed by atoms with Crippen LogP contribution in [0.5, 0.6) is 0 Å². The summed E-state index contributed by atoms with van der Waals surface area (Å²) in [5.74, 6) is 0.858. The zero-order chi connectivity index (χ0) is 40.8. The van der Waals surface area contributed by atoms with Crippen molar-refractivity contribution in [3.63, 3.8) is 0 Å². The van der Waals surface area contributed by atoms with Gasteiger partial charge in [-0.05, 0) is 45.1 Å². The minimum atomic E-state index is -1.38. The summed E-state index contributed by atoms with van der Waals surface area (Å²) in [4.78, 5) is 79.2. The Kier molecular flexibility index (Phi) is 13.0. The molecule has 1 unspecified atom stereocenters. The summed E-state index contributed by atoms with van der Waals surface area (Å²) in [5, 5.41) is 5.15. The fourth-order valence-electron chi connectivity index (χ4n) is 7.41. The largest absolute Gasteiger partial charge is 0.453 e. The molecule has 6 rings (SSSR count). The summed E-state index contributed by atoms with van der Waals surface area (Å²) in [6.07, 6.45) is 8.79. The number of alkyl carbamates (subject to hydrolysis) is 2. The van der Waals surface area contributed by atoms with E-state index in [2.05, 4.69) is 35.6 Å². The van der Waals surface area contributed by atoms with Gasteiger partial charge in [0, 0.05) is 63.5 Å². The molecule has 3 aliphatic rings. The van der Waals surface area contributed by atoms with Gasteiger partial charge < -0.3 is 49.3 Å². The van der Waals surface area contributed by atoms with Crippen molar-refractivity contribution >= 4 is 35.1 Å². The van der Waals surface area contributed by atoms with Crippen LogP contribution in [0.4, 0.5) is 14.0 Å². The first-order valence-electron chi connectivity index (χ1n) is 18.8. The predicted molar refractivity (Wildman–Crippen MR) is 203 cm³/mol. The number of carbonyl (C=O) groups excluding carboxylic acids is 4. The molecule has 4 N–H and O–H groups in total. The molecule has 2 aliphatic heterocycles. The predicted octanol–water partition coefficient (Wildman–Crippen LogP) is 3.64. The molecule has 0 spiro atoms. The third-order valence-electron chi connectivity index (χ3n) is 10.8. The van der Waals surface area contributed by atoms with Crippen molar-refractivity contribution in [2.75, 3.05) is 41.5 Å². The van der Waals surface area contributed by atoms with Gasteiger partial charge >= 0.3 is 12.2 Å². The fraction of sp³-hybridized carbons (Fsp3) is 0.526. The monoisotopic (exact) mass is 792 g/mol. The van der Waals surface area contributed by atoms with Crippen LogP contribution in [0.3, 0.4) is 0 Å². The number of aromatic amines is 2. The van der Waals surface area contributed by atoms with E-state index in [1.165, 1.54) is 28.4 Å². The van der Waals surface area contributed by atoms with Crippen molar-refractivity contribution < 1.29 is 42.5 Å². The van der Waals surface area contributed by atoms with Gasteiger partial charge in [-0.25, -0.2) is 33.9 Å². The second kappa shape index (κ2) is 18.1. The van der Waals surface area contributed by atoms with Crippen LogP contribution >= 0.6 is 0 Å². The molecule has 0 bridgehead atoms. The quantitative estimate of drug-likeness (QED) is 0.195. The molecule has 3 aromatic rings. The molecule has 18 nitrogen and oxygen atoms in total. The van der Waals surface area contributed by atoms with Gasteiger partial charge in [-0.2, -0.15) is 0 Å². The molecule has 0 saturated carbocycles. The molecule has 1 aliphatic carbocycles. The average Bonchev–Trinajstić information content (AvgIpc) is 4.07. The number of imidazole rings is 2.